The summed E-state index contributed by atoms with van der Waals surface area (Å²) in [6.45, 7) is 0. The molecule has 0 radical (unpaired) electrons. The van der Waals surface area contributed by atoms with E-state index in [0.717, 1.165) is 4.90 Å². The minimum Gasteiger partial charge on any atom is -0.330 e. The quantitative estimate of drug-likeness (QED) is 0.444. The fourth-order valence-corrected chi connectivity index (χ4v) is 3.04. The molecule has 10 nitrogen and oxygen atoms in total. The number of hydrogen-bond donors (Lipinski definition) is 3. The van der Waals surface area contributed by atoms with E-state index in [-0.39, 0.29) is 27.1 Å². The van der Waals surface area contributed by atoms with Gasteiger partial charge < -0.3 is 10.2 Å². The van der Waals surface area contributed by atoms with Gasteiger partial charge in [-0.25, -0.2) is 19.9 Å². The van der Waals surface area contributed by atoms with Crippen molar-refractivity contribution in [1.29, 1.82) is 0 Å². The molecule has 0 atom stereocenters. The first-order valence-electron chi connectivity index (χ1n) is 9.55. The zero-order chi connectivity index (χ0) is 25.9. The monoisotopic (exact) mass is 529 g/mol. The van der Waals surface area contributed by atoms with E-state index in [9.17, 15) is 27.6 Å². The van der Waals surface area contributed by atoms with Crippen LogP contribution >= 0.6 is 23.2 Å². The predicted molar refractivity (Wildman–Crippen MR) is 120 cm³/mol. The molecule has 184 valence electrons. The average molecular weight is 530 g/mol. The number of halogens is 5. The molecule has 1 aromatic carbocycles. The number of hydrazine groups is 1. The third-order valence-corrected chi connectivity index (χ3v) is 4.87. The number of urea groups is 1. The number of aromatic nitrogens is 3. The second-order valence-electron chi connectivity index (χ2n) is 7.06. The van der Waals surface area contributed by atoms with Crippen LogP contribution in [0.3, 0.4) is 0 Å². The van der Waals surface area contributed by atoms with Crippen LogP contribution in [0.15, 0.2) is 42.6 Å². The lowest BCUT2D eigenvalue weighted by atomic mass is 10.1. The number of rotatable bonds is 4. The fraction of sp³-hybridized carbons (Fsp3) is 0.150. The van der Waals surface area contributed by atoms with Crippen LogP contribution < -0.4 is 16.2 Å². The highest BCUT2D eigenvalue weighted by atomic mass is 35.5. The Labute approximate surface area is 206 Å². The van der Waals surface area contributed by atoms with E-state index in [4.69, 9.17) is 23.2 Å². The second-order valence-corrected chi connectivity index (χ2v) is 7.90. The van der Waals surface area contributed by atoms with Crippen LogP contribution in [0.2, 0.25) is 10.0 Å². The number of anilines is 1. The molecule has 0 unspecified atom stereocenters. The first kappa shape index (κ1) is 25.8. The van der Waals surface area contributed by atoms with Gasteiger partial charge in [0.2, 0.25) is 0 Å². The van der Waals surface area contributed by atoms with Gasteiger partial charge in [-0.3, -0.25) is 15.0 Å². The van der Waals surface area contributed by atoms with Gasteiger partial charge in [-0.1, -0.05) is 23.2 Å². The molecule has 4 amide bonds. The molecular weight excluding hydrogens is 514 g/mol. The van der Waals surface area contributed by atoms with Gasteiger partial charge in [-0.15, -0.1) is 0 Å². The van der Waals surface area contributed by atoms with Gasteiger partial charge in [0.25, 0.3) is 11.8 Å². The van der Waals surface area contributed by atoms with Crippen molar-refractivity contribution < 1.29 is 27.6 Å². The van der Waals surface area contributed by atoms with E-state index < -0.39 is 35.4 Å². The highest BCUT2D eigenvalue weighted by Crippen LogP contribution is 2.31. The van der Waals surface area contributed by atoms with Gasteiger partial charge in [0.15, 0.2) is 11.5 Å². The summed E-state index contributed by atoms with van der Waals surface area (Å²) < 4.78 is 40.7. The van der Waals surface area contributed by atoms with E-state index in [1.54, 1.807) is 0 Å². The first-order chi connectivity index (χ1) is 16.4. The molecule has 0 saturated carbocycles. The number of hydrogen-bond acceptors (Lipinski definition) is 5. The second kappa shape index (κ2) is 10.2. The molecule has 15 heteroatoms. The molecule has 3 rings (SSSR count). The fourth-order valence-electron chi connectivity index (χ4n) is 2.67. The molecule has 2 aromatic heterocycles. The Morgan fingerprint density at radius 3 is 2.37 bits per heavy atom. The van der Waals surface area contributed by atoms with Crippen molar-refractivity contribution in [1.82, 2.24) is 30.5 Å². The van der Waals surface area contributed by atoms with E-state index >= 15 is 0 Å². The Balaban J connectivity index is 1.98. The summed E-state index contributed by atoms with van der Waals surface area (Å²) in [4.78, 5) is 42.3. The number of nitrogens with zero attached hydrogens (tertiary/aromatic N) is 4. The van der Waals surface area contributed by atoms with Crippen molar-refractivity contribution >= 4 is 46.7 Å². The SMILES string of the molecule is CN(C)C(=O)NNC(=O)c1ccc(Cl)cc1NC(=O)c1cc(C(F)(F)F)nn1-c1ncccc1Cl. The van der Waals surface area contributed by atoms with Gasteiger partial charge >= 0.3 is 12.2 Å². The molecule has 3 aromatic rings. The number of pyridine rings is 1. The number of nitrogens with one attached hydrogen (secondary N) is 3. The minimum absolute atomic E-state index is 0.0576. The van der Waals surface area contributed by atoms with E-state index in [0.29, 0.717) is 10.7 Å². The van der Waals surface area contributed by atoms with E-state index in [2.05, 4.69) is 26.3 Å². The maximum absolute atomic E-state index is 13.3. The highest BCUT2D eigenvalue weighted by molar-refractivity contribution is 6.32. The maximum atomic E-state index is 13.3. The van der Waals surface area contributed by atoms with Gasteiger partial charge in [0.05, 0.1) is 16.3 Å². The summed E-state index contributed by atoms with van der Waals surface area (Å²) in [7, 11) is 2.89. The van der Waals surface area contributed by atoms with Crippen LogP contribution in [-0.4, -0.2) is 51.6 Å². The van der Waals surface area contributed by atoms with Crippen molar-refractivity contribution in [3.05, 3.63) is 69.6 Å². The minimum atomic E-state index is -4.87. The smallest absolute Gasteiger partial charge is 0.330 e. The van der Waals surface area contributed by atoms with Gasteiger partial charge in [0, 0.05) is 31.4 Å². The topological polar surface area (TPSA) is 121 Å². The number of alkyl halides is 3. The van der Waals surface area contributed by atoms with Gasteiger partial charge in [-0.05, 0) is 30.3 Å². The summed E-state index contributed by atoms with van der Waals surface area (Å²) in [5.74, 6) is -2.11. The van der Waals surface area contributed by atoms with Crippen LogP contribution in [0.25, 0.3) is 5.82 Å². The lowest BCUT2D eigenvalue weighted by Crippen LogP contribution is -2.46. The van der Waals surface area contributed by atoms with E-state index in [1.807, 2.05) is 0 Å². The van der Waals surface area contributed by atoms with Crippen molar-refractivity contribution in [3.8, 4) is 5.82 Å². The number of benzene rings is 1. The Bertz CT molecular complexity index is 1300. The lowest BCUT2D eigenvalue weighted by molar-refractivity contribution is -0.141. The first-order valence-corrected chi connectivity index (χ1v) is 10.3. The summed E-state index contributed by atoms with van der Waals surface area (Å²) in [6, 6.07) is 6.51. The van der Waals surface area contributed by atoms with Crippen LogP contribution in [0.4, 0.5) is 23.7 Å². The van der Waals surface area contributed by atoms with E-state index in [1.165, 1.54) is 50.6 Å². The normalized spacial score (nSPS) is 11.1. The van der Waals surface area contributed by atoms with Crippen molar-refractivity contribution in [3.63, 3.8) is 0 Å². The Hall–Kier alpha value is -3.84. The Kier molecular flexibility index (Phi) is 7.51. The predicted octanol–water partition coefficient (Wildman–Crippen LogP) is 3.76. The summed E-state index contributed by atoms with van der Waals surface area (Å²) in [5, 5.41) is 5.85. The van der Waals surface area contributed by atoms with Gasteiger partial charge in [0.1, 0.15) is 5.69 Å². The van der Waals surface area contributed by atoms with Gasteiger partial charge in [-0.2, -0.15) is 18.3 Å². The van der Waals surface area contributed by atoms with Crippen LogP contribution in [0.5, 0.6) is 0 Å². The van der Waals surface area contributed by atoms with Crippen molar-refractivity contribution in [2.75, 3.05) is 19.4 Å². The molecule has 0 aliphatic heterocycles. The van der Waals surface area contributed by atoms with Crippen molar-refractivity contribution in [2.45, 2.75) is 6.18 Å². The summed E-state index contributed by atoms with van der Waals surface area (Å²) >= 11 is 12.0. The summed E-state index contributed by atoms with van der Waals surface area (Å²) in [6.07, 6.45) is -3.60. The summed E-state index contributed by atoms with van der Waals surface area (Å²) in [5.41, 5.74) is 2.09. The molecular formula is C20H16Cl2F3N7O3. The third kappa shape index (κ3) is 6.00. The zero-order valence-electron chi connectivity index (χ0n) is 17.9. The van der Waals surface area contributed by atoms with Crippen LogP contribution in [0.1, 0.15) is 26.5 Å². The number of carbonyl (C=O) groups excluding carboxylic acids is 3. The molecule has 0 saturated heterocycles. The molecule has 0 fully saturated rings. The largest absolute Gasteiger partial charge is 0.435 e. The third-order valence-electron chi connectivity index (χ3n) is 4.34. The lowest BCUT2D eigenvalue weighted by Gasteiger charge is -2.15. The molecule has 0 bridgehead atoms. The standard InChI is InChI=1S/C20H16Cl2F3N7O3/c1-31(2)19(35)29-28-17(33)11-6-5-10(21)8-13(11)27-18(34)14-9-15(20(23,24)25)30-32(14)16-12(22)4-3-7-26-16/h3-9H,1-2H3,(H,27,34)(H,28,33)(H,29,35). The molecule has 35 heavy (non-hydrogen) atoms. The van der Waals surface area contributed by atoms with Crippen LogP contribution in [-0.2, 0) is 6.18 Å². The molecule has 3 N–H and O–H groups in total. The number of carbonyl (C=O) groups is 3. The zero-order valence-corrected chi connectivity index (χ0v) is 19.5. The Morgan fingerprint density at radius 1 is 1.03 bits per heavy atom. The highest BCUT2D eigenvalue weighted by Gasteiger charge is 2.36. The van der Waals surface area contributed by atoms with Crippen molar-refractivity contribution in [2.24, 2.45) is 0 Å². The maximum Gasteiger partial charge on any atom is 0.435 e. The molecule has 0 spiro atoms. The van der Waals surface area contributed by atoms with Crippen LogP contribution in [0, 0.1) is 0 Å². The number of amides is 4. The molecule has 0 aliphatic rings. The molecule has 0 aliphatic carbocycles. The molecule has 2 heterocycles. The average Bonchev–Trinajstić information content (AvgIpc) is 3.23. The Morgan fingerprint density at radius 2 is 1.74 bits per heavy atom.